The van der Waals surface area contributed by atoms with Crippen molar-refractivity contribution in [3.8, 4) is 0 Å². The summed E-state index contributed by atoms with van der Waals surface area (Å²) in [5.41, 5.74) is 0.906. The first kappa shape index (κ1) is 15.2. The SMILES string of the molecule is Cc1nc(CNC(=O)N2CCCC(C(=O)O)C2)sc1Br. The van der Waals surface area contributed by atoms with Crippen LogP contribution in [-0.4, -0.2) is 40.1 Å². The van der Waals surface area contributed by atoms with Crippen LogP contribution in [0.5, 0.6) is 0 Å². The van der Waals surface area contributed by atoms with E-state index in [2.05, 4.69) is 26.2 Å². The van der Waals surface area contributed by atoms with Crippen molar-refractivity contribution in [3.63, 3.8) is 0 Å². The van der Waals surface area contributed by atoms with Crippen LogP contribution in [0.2, 0.25) is 0 Å². The van der Waals surface area contributed by atoms with E-state index in [1.54, 1.807) is 4.90 Å². The van der Waals surface area contributed by atoms with Gasteiger partial charge >= 0.3 is 12.0 Å². The second kappa shape index (κ2) is 6.53. The number of thiazole rings is 1. The third kappa shape index (κ3) is 3.69. The Kier molecular flexibility index (Phi) is 4.98. The summed E-state index contributed by atoms with van der Waals surface area (Å²) in [5, 5.41) is 12.6. The van der Waals surface area contributed by atoms with Crippen molar-refractivity contribution >= 4 is 39.3 Å². The topological polar surface area (TPSA) is 82.5 Å². The van der Waals surface area contributed by atoms with Crippen LogP contribution in [0, 0.1) is 12.8 Å². The number of halogens is 1. The predicted octanol–water partition coefficient (Wildman–Crippen LogP) is 2.22. The number of rotatable bonds is 3. The number of likely N-dealkylation sites (tertiary alicyclic amines) is 1. The molecule has 1 saturated heterocycles. The molecular formula is C12H16BrN3O3S. The lowest BCUT2D eigenvalue weighted by atomic mass is 9.99. The third-order valence-corrected chi connectivity index (χ3v) is 5.24. The van der Waals surface area contributed by atoms with Gasteiger partial charge in [0.25, 0.3) is 0 Å². The van der Waals surface area contributed by atoms with Crippen LogP contribution in [0.15, 0.2) is 3.79 Å². The summed E-state index contributed by atoms with van der Waals surface area (Å²) in [6.45, 7) is 3.15. The number of piperidine rings is 1. The Bertz CT molecular complexity index is 501. The Morgan fingerprint density at radius 2 is 2.35 bits per heavy atom. The third-order valence-electron chi connectivity index (χ3n) is 3.23. The molecule has 2 N–H and O–H groups in total. The number of aliphatic carboxylic acids is 1. The Morgan fingerprint density at radius 3 is 2.95 bits per heavy atom. The molecule has 2 heterocycles. The molecule has 0 bridgehead atoms. The van der Waals surface area contributed by atoms with Gasteiger partial charge in [-0.2, -0.15) is 0 Å². The van der Waals surface area contributed by atoms with Gasteiger partial charge in [-0.25, -0.2) is 9.78 Å². The molecule has 2 amide bonds. The fraction of sp³-hybridized carbons (Fsp3) is 0.583. The zero-order chi connectivity index (χ0) is 14.7. The van der Waals surface area contributed by atoms with E-state index in [4.69, 9.17) is 5.11 Å². The highest BCUT2D eigenvalue weighted by molar-refractivity contribution is 9.11. The van der Waals surface area contributed by atoms with Crippen molar-refractivity contribution in [3.05, 3.63) is 14.5 Å². The van der Waals surface area contributed by atoms with E-state index in [9.17, 15) is 9.59 Å². The Balaban J connectivity index is 1.86. The summed E-state index contributed by atoms with van der Waals surface area (Å²) in [7, 11) is 0. The molecule has 0 aliphatic carbocycles. The average Bonchev–Trinajstić information content (AvgIpc) is 2.75. The van der Waals surface area contributed by atoms with E-state index in [-0.39, 0.29) is 12.6 Å². The maximum atomic E-state index is 12.0. The van der Waals surface area contributed by atoms with Gasteiger partial charge in [-0.15, -0.1) is 11.3 Å². The monoisotopic (exact) mass is 361 g/mol. The van der Waals surface area contributed by atoms with Gasteiger partial charge in [0.1, 0.15) is 5.01 Å². The highest BCUT2D eigenvalue weighted by atomic mass is 79.9. The number of aryl methyl sites for hydroxylation is 1. The normalized spacial score (nSPS) is 18.9. The molecule has 0 aromatic carbocycles. The zero-order valence-electron chi connectivity index (χ0n) is 11.1. The molecule has 1 aromatic rings. The summed E-state index contributed by atoms with van der Waals surface area (Å²) < 4.78 is 0.964. The van der Waals surface area contributed by atoms with Crippen molar-refractivity contribution in [2.75, 3.05) is 13.1 Å². The van der Waals surface area contributed by atoms with E-state index in [0.717, 1.165) is 20.9 Å². The first-order chi connectivity index (χ1) is 9.47. The van der Waals surface area contributed by atoms with E-state index >= 15 is 0 Å². The number of nitrogens with zero attached hydrogens (tertiary/aromatic N) is 2. The summed E-state index contributed by atoms with van der Waals surface area (Å²) in [4.78, 5) is 28.9. The fourth-order valence-corrected chi connectivity index (χ4v) is 3.51. The van der Waals surface area contributed by atoms with Crippen molar-refractivity contribution < 1.29 is 14.7 Å². The Morgan fingerprint density at radius 1 is 1.60 bits per heavy atom. The van der Waals surface area contributed by atoms with Crippen LogP contribution in [0.1, 0.15) is 23.5 Å². The molecule has 1 aliphatic rings. The maximum absolute atomic E-state index is 12.0. The lowest BCUT2D eigenvalue weighted by Gasteiger charge is -2.30. The molecule has 0 radical (unpaired) electrons. The number of carbonyl (C=O) groups is 2. The molecule has 1 unspecified atom stereocenters. The number of carbonyl (C=O) groups excluding carboxylic acids is 1. The molecule has 1 aromatic heterocycles. The first-order valence-electron chi connectivity index (χ1n) is 6.34. The van der Waals surface area contributed by atoms with Gasteiger partial charge in [-0.3, -0.25) is 4.79 Å². The van der Waals surface area contributed by atoms with Crippen LogP contribution in [0.4, 0.5) is 4.79 Å². The van der Waals surface area contributed by atoms with Crippen molar-refractivity contribution in [2.45, 2.75) is 26.3 Å². The van der Waals surface area contributed by atoms with Crippen LogP contribution in [-0.2, 0) is 11.3 Å². The summed E-state index contributed by atoms with van der Waals surface area (Å²) >= 11 is 4.88. The van der Waals surface area contributed by atoms with Gasteiger partial charge in [0.2, 0.25) is 0 Å². The van der Waals surface area contributed by atoms with Crippen molar-refractivity contribution in [1.82, 2.24) is 15.2 Å². The Hall–Kier alpha value is -1.15. The number of urea groups is 1. The molecule has 20 heavy (non-hydrogen) atoms. The van der Waals surface area contributed by atoms with E-state index in [1.165, 1.54) is 11.3 Å². The summed E-state index contributed by atoms with van der Waals surface area (Å²) in [6, 6.07) is -0.222. The minimum Gasteiger partial charge on any atom is -0.481 e. The second-order valence-electron chi connectivity index (χ2n) is 4.75. The molecule has 1 fully saturated rings. The highest BCUT2D eigenvalue weighted by Gasteiger charge is 2.28. The van der Waals surface area contributed by atoms with Crippen LogP contribution >= 0.6 is 27.3 Å². The first-order valence-corrected chi connectivity index (χ1v) is 7.95. The standard InChI is InChI=1S/C12H16BrN3O3S/c1-7-10(13)20-9(15-7)5-14-12(19)16-4-2-3-8(6-16)11(17)18/h8H,2-6H2,1H3,(H,14,19)(H,17,18). The van der Waals surface area contributed by atoms with Gasteiger partial charge in [0.05, 0.1) is 21.9 Å². The van der Waals surface area contributed by atoms with Crippen molar-refractivity contribution in [2.24, 2.45) is 5.92 Å². The Labute approximate surface area is 129 Å². The molecule has 0 saturated carbocycles. The highest BCUT2D eigenvalue weighted by Crippen LogP contribution is 2.24. The number of hydrogen-bond acceptors (Lipinski definition) is 4. The molecule has 110 valence electrons. The van der Waals surface area contributed by atoms with Crippen LogP contribution in [0.3, 0.4) is 0 Å². The molecule has 0 spiro atoms. The van der Waals surface area contributed by atoms with Gasteiger partial charge in [0, 0.05) is 13.1 Å². The quantitative estimate of drug-likeness (QED) is 0.864. The number of carboxylic acid groups (broad SMARTS) is 1. The number of amides is 2. The number of aromatic nitrogens is 1. The molecular weight excluding hydrogens is 346 g/mol. The van der Waals surface area contributed by atoms with E-state index < -0.39 is 11.9 Å². The average molecular weight is 362 g/mol. The lowest BCUT2D eigenvalue weighted by molar-refractivity contribution is -0.143. The fourth-order valence-electron chi connectivity index (χ4n) is 2.13. The van der Waals surface area contributed by atoms with Gasteiger partial charge < -0.3 is 15.3 Å². The number of nitrogens with one attached hydrogen (secondary N) is 1. The summed E-state index contributed by atoms with van der Waals surface area (Å²) in [5.74, 6) is -1.28. The molecule has 8 heteroatoms. The molecule has 6 nitrogen and oxygen atoms in total. The minimum atomic E-state index is -0.832. The van der Waals surface area contributed by atoms with E-state index in [0.29, 0.717) is 19.5 Å². The second-order valence-corrected chi connectivity index (χ2v) is 7.15. The largest absolute Gasteiger partial charge is 0.481 e. The van der Waals surface area contributed by atoms with Gasteiger partial charge in [-0.1, -0.05) is 0 Å². The molecule has 1 aliphatic heterocycles. The lowest BCUT2D eigenvalue weighted by Crippen LogP contribution is -2.46. The van der Waals surface area contributed by atoms with Crippen LogP contribution < -0.4 is 5.32 Å². The smallest absolute Gasteiger partial charge is 0.317 e. The number of carboxylic acids is 1. The summed E-state index contributed by atoms with van der Waals surface area (Å²) in [6.07, 6.45) is 1.37. The minimum absolute atomic E-state index is 0.222. The predicted molar refractivity (Wildman–Crippen MR) is 78.7 cm³/mol. The van der Waals surface area contributed by atoms with Gasteiger partial charge in [0.15, 0.2) is 0 Å². The molecule has 2 rings (SSSR count). The zero-order valence-corrected chi connectivity index (χ0v) is 13.5. The van der Waals surface area contributed by atoms with Crippen molar-refractivity contribution in [1.29, 1.82) is 0 Å². The van der Waals surface area contributed by atoms with E-state index in [1.807, 2.05) is 6.92 Å². The van der Waals surface area contributed by atoms with Gasteiger partial charge in [-0.05, 0) is 35.7 Å². The number of hydrogen-bond donors (Lipinski definition) is 2. The maximum Gasteiger partial charge on any atom is 0.317 e. The van der Waals surface area contributed by atoms with Crippen LogP contribution in [0.25, 0.3) is 0 Å². The molecule has 1 atom stereocenters.